The first kappa shape index (κ1) is 22.8. The number of para-hydroxylation sites is 1. The zero-order valence-corrected chi connectivity index (χ0v) is 19.8. The molecule has 3 aromatic rings. The molecule has 1 aromatic heterocycles. The van der Waals surface area contributed by atoms with Gasteiger partial charge in [-0.05, 0) is 50.2 Å². The van der Waals surface area contributed by atoms with Gasteiger partial charge in [0.2, 0.25) is 10.0 Å². The highest BCUT2D eigenvalue weighted by atomic mass is 79.9. The largest absolute Gasteiger partial charge is 0.318 e. The average Bonchev–Trinajstić information content (AvgIpc) is 2.99. The van der Waals surface area contributed by atoms with Crippen LogP contribution in [-0.2, 0) is 14.8 Å². The normalized spacial score (nSPS) is 11.6. The number of benzene rings is 2. The van der Waals surface area contributed by atoms with E-state index >= 15 is 0 Å². The number of halogens is 1. The van der Waals surface area contributed by atoms with Crippen LogP contribution in [0.2, 0.25) is 0 Å². The van der Waals surface area contributed by atoms with Crippen molar-refractivity contribution in [3.8, 4) is 5.69 Å². The minimum atomic E-state index is -3.62. The number of hydrogen-bond donors (Lipinski definition) is 1. The number of sulfonamides is 1. The molecule has 3 rings (SSSR count). The van der Waals surface area contributed by atoms with E-state index in [2.05, 4.69) is 31.0 Å². The van der Waals surface area contributed by atoms with Crippen LogP contribution in [0, 0.1) is 13.8 Å². The first-order valence-corrected chi connectivity index (χ1v) is 12.1. The molecule has 0 radical (unpaired) electrons. The van der Waals surface area contributed by atoms with E-state index < -0.39 is 15.9 Å². The number of nitrogens with zero attached hydrogens (tertiary/aromatic N) is 3. The summed E-state index contributed by atoms with van der Waals surface area (Å²) >= 11 is 3.49. The van der Waals surface area contributed by atoms with E-state index in [0.717, 1.165) is 37.7 Å². The van der Waals surface area contributed by atoms with Crippen molar-refractivity contribution in [2.24, 2.45) is 5.10 Å². The molecule has 0 aliphatic rings. The van der Waals surface area contributed by atoms with Gasteiger partial charge >= 0.3 is 0 Å². The summed E-state index contributed by atoms with van der Waals surface area (Å²) in [6.45, 7) is 3.60. The van der Waals surface area contributed by atoms with Crippen LogP contribution in [0.5, 0.6) is 0 Å². The van der Waals surface area contributed by atoms with Gasteiger partial charge < -0.3 is 4.57 Å². The van der Waals surface area contributed by atoms with Crippen LogP contribution in [0.25, 0.3) is 5.69 Å². The van der Waals surface area contributed by atoms with Crippen molar-refractivity contribution in [2.75, 3.05) is 17.1 Å². The van der Waals surface area contributed by atoms with Crippen LogP contribution in [-0.4, -0.2) is 37.9 Å². The average molecular weight is 503 g/mol. The maximum atomic E-state index is 12.3. The van der Waals surface area contributed by atoms with Crippen LogP contribution in [0.3, 0.4) is 0 Å². The number of aryl methyl sites for hydroxylation is 1. The van der Waals surface area contributed by atoms with E-state index in [0.29, 0.717) is 5.69 Å². The molecular formula is C22H23BrN4O3S. The monoisotopic (exact) mass is 502 g/mol. The van der Waals surface area contributed by atoms with Crippen molar-refractivity contribution < 1.29 is 13.2 Å². The molecule has 1 heterocycles. The number of amides is 1. The van der Waals surface area contributed by atoms with Crippen molar-refractivity contribution in [1.29, 1.82) is 0 Å². The fourth-order valence-electron chi connectivity index (χ4n) is 3.26. The van der Waals surface area contributed by atoms with E-state index in [-0.39, 0.29) is 6.54 Å². The lowest BCUT2D eigenvalue weighted by Gasteiger charge is -2.21. The standard InChI is InChI=1S/C22H23BrN4O3S/c1-16-12-18(17(2)27(16)21-11-7-8-19(23)13-21)14-24-25-22(28)15-26(31(3,29)30)20-9-5-4-6-10-20/h4-14H,15H2,1-3H3,(H,25,28)/b24-14+. The molecule has 162 valence electrons. The molecule has 31 heavy (non-hydrogen) atoms. The number of aromatic nitrogens is 1. The maximum Gasteiger partial charge on any atom is 0.260 e. The van der Waals surface area contributed by atoms with Gasteiger partial charge in [-0.1, -0.05) is 40.2 Å². The molecule has 0 atom stereocenters. The number of rotatable bonds is 7. The quantitative estimate of drug-likeness (QED) is 0.394. The molecular weight excluding hydrogens is 480 g/mol. The van der Waals surface area contributed by atoms with Gasteiger partial charge in [0, 0.05) is 27.1 Å². The zero-order valence-electron chi connectivity index (χ0n) is 17.4. The molecule has 7 nitrogen and oxygen atoms in total. The second kappa shape index (κ2) is 9.49. The Morgan fingerprint density at radius 2 is 1.84 bits per heavy atom. The maximum absolute atomic E-state index is 12.3. The second-order valence-electron chi connectivity index (χ2n) is 7.04. The van der Waals surface area contributed by atoms with Gasteiger partial charge in [-0.3, -0.25) is 9.10 Å². The Morgan fingerprint density at radius 3 is 2.48 bits per heavy atom. The van der Waals surface area contributed by atoms with Crippen LogP contribution < -0.4 is 9.73 Å². The van der Waals surface area contributed by atoms with Crippen LogP contribution in [0.1, 0.15) is 17.0 Å². The fourth-order valence-corrected chi connectivity index (χ4v) is 4.51. The summed E-state index contributed by atoms with van der Waals surface area (Å²) in [7, 11) is -3.62. The lowest BCUT2D eigenvalue weighted by molar-refractivity contribution is -0.119. The van der Waals surface area contributed by atoms with Gasteiger partial charge in [0.05, 0.1) is 18.2 Å². The van der Waals surface area contributed by atoms with Gasteiger partial charge in [-0.25, -0.2) is 13.8 Å². The molecule has 0 fully saturated rings. The third-order valence-corrected chi connectivity index (χ3v) is 6.30. The Morgan fingerprint density at radius 1 is 1.13 bits per heavy atom. The Kier molecular flexibility index (Phi) is 6.97. The number of carbonyl (C=O) groups is 1. The number of anilines is 1. The van der Waals surface area contributed by atoms with Gasteiger partial charge in [0.25, 0.3) is 5.91 Å². The summed E-state index contributed by atoms with van der Waals surface area (Å²) in [6, 6.07) is 18.4. The molecule has 9 heteroatoms. The van der Waals surface area contributed by atoms with E-state index in [9.17, 15) is 13.2 Å². The Labute approximate surface area is 190 Å². The topological polar surface area (TPSA) is 83.8 Å². The predicted molar refractivity (Wildman–Crippen MR) is 127 cm³/mol. The van der Waals surface area contributed by atoms with Crippen molar-refractivity contribution in [2.45, 2.75) is 13.8 Å². The van der Waals surface area contributed by atoms with Crippen LogP contribution in [0.15, 0.2) is 70.2 Å². The van der Waals surface area contributed by atoms with Crippen molar-refractivity contribution in [3.63, 3.8) is 0 Å². The van der Waals surface area contributed by atoms with Crippen molar-refractivity contribution in [1.82, 2.24) is 9.99 Å². The molecule has 2 aromatic carbocycles. The second-order valence-corrected chi connectivity index (χ2v) is 9.86. The molecule has 0 aliphatic carbocycles. The smallest absolute Gasteiger partial charge is 0.260 e. The Balaban J connectivity index is 1.73. The summed E-state index contributed by atoms with van der Waals surface area (Å²) in [4.78, 5) is 12.3. The molecule has 1 N–H and O–H groups in total. The first-order chi connectivity index (χ1) is 14.7. The Hall–Kier alpha value is -2.91. The fraction of sp³-hybridized carbons (Fsp3) is 0.182. The molecule has 0 bridgehead atoms. The van der Waals surface area contributed by atoms with E-state index in [4.69, 9.17) is 0 Å². The summed E-state index contributed by atoms with van der Waals surface area (Å²) in [6.07, 6.45) is 2.62. The highest BCUT2D eigenvalue weighted by molar-refractivity contribution is 9.10. The first-order valence-electron chi connectivity index (χ1n) is 9.46. The van der Waals surface area contributed by atoms with Gasteiger partial charge in [-0.2, -0.15) is 5.10 Å². The number of hydrazone groups is 1. The minimum Gasteiger partial charge on any atom is -0.318 e. The minimum absolute atomic E-state index is 0.364. The van der Waals surface area contributed by atoms with Gasteiger partial charge in [0.1, 0.15) is 6.54 Å². The van der Waals surface area contributed by atoms with Crippen molar-refractivity contribution in [3.05, 3.63) is 82.1 Å². The van der Waals surface area contributed by atoms with E-state index in [1.807, 2.05) is 44.2 Å². The third kappa shape index (κ3) is 5.62. The van der Waals surface area contributed by atoms with Crippen molar-refractivity contribution >= 4 is 43.8 Å². The van der Waals surface area contributed by atoms with Crippen LogP contribution >= 0.6 is 15.9 Å². The molecule has 0 saturated heterocycles. The summed E-state index contributed by atoms with van der Waals surface area (Å²) in [5.41, 5.74) is 6.69. The zero-order chi connectivity index (χ0) is 22.6. The summed E-state index contributed by atoms with van der Waals surface area (Å²) < 4.78 is 28.3. The molecule has 0 saturated carbocycles. The third-order valence-electron chi connectivity index (χ3n) is 4.66. The Bertz CT molecular complexity index is 1220. The highest BCUT2D eigenvalue weighted by Crippen LogP contribution is 2.22. The van der Waals surface area contributed by atoms with E-state index in [1.54, 1.807) is 36.5 Å². The lowest BCUT2D eigenvalue weighted by Crippen LogP contribution is -2.38. The number of carbonyl (C=O) groups excluding carboxylic acids is 1. The van der Waals surface area contributed by atoms with Crippen LogP contribution in [0.4, 0.5) is 5.69 Å². The van der Waals surface area contributed by atoms with E-state index in [1.165, 1.54) is 0 Å². The molecule has 1 amide bonds. The SMILES string of the molecule is Cc1cc(/C=N/NC(=O)CN(c2ccccc2)S(C)(=O)=O)c(C)n1-c1cccc(Br)c1. The highest BCUT2D eigenvalue weighted by Gasteiger charge is 2.20. The molecule has 0 unspecified atom stereocenters. The predicted octanol–water partition coefficient (Wildman–Crippen LogP) is 3.77. The summed E-state index contributed by atoms with van der Waals surface area (Å²) in [5.74, 6) is -0.536. The van der Waals surface area contributed by atoms with Gasteiger partial charge in [0.15, 0.2) is 0 Å². The number of nitrogens with one attached hydrogen (secondary N) is 1. The summed E-state index contributed by atoms with van der Waals surface area (Å²) in [5, 5.41) is 4.03. The molecule has 0 spiro atoms. The molecule has 0 aliphatic heterocycles. The number of hydrogen-bond acceptors (Lipinski definition) is 4. The van der Waals surface area contributed by atoms with Gasteiger partial charge in [-0.15, -0.1) is 0 Å². The lowest BCUT2D eigenvalue weighted by atomic mass is 10.2.